The minimum Gasteiger partial charge on any atom is -0.504 e. The summed E-state index contributed by atoms with van der Waals surface area (Å²) in [5.41, 5.74) is 8.42. The topological polar surface area (TPSA) is 68.0 Å². The van der Waals surface area contributed by atoms with E-state index in [2.05, 4.69) is 30.2 Å². The van der Waals surface area contributed by atoms with Crippen LogP contribution in [0.15, 0.2) is 24.3 Å². The van der Waals surface area contributed by atoms with Gasteiger partial charge in [-0.1, -0.05) is 18.2 Å². The summed E-state index contributed by atoms with van der Waals surface area (Å²) in [6, 6.07) is 4.18. The lowest BCUT2D eigenvalue weighted by Crippen LogP contribution is -2.81. The van der Waals surface area contributed by atoms with Gasteiger partial charge in [-0.05, 0) is 44.5 Å². The van der Waals surface area contributed by atoms with E-state index < -0.39 is 5.60 Å². The highest BCUT2D eigenvalue weighted by molar-refractivity contribution is 5.65. The molecule has 5 heteroatoms. The van der Waals surface area contributed by atoms with E-state index in [1.54, 1.807) is 13.2 Å². The van der Waals surface area contributed by atoms with Gasteiger partial charge in [-0.3, -0.25) is 0 Å². The van der Waals surface area contributed by atoms with Crippen LogP contribution >= 0.6 is 0 Å². The minimum absolute atomic E-state index is 0.0452. The van der Waals surface area contributed by atoms with Crippen molar-refractivity contribution in [1.82, 2.24) is 4.90 Å². The van der Waals surface area contributed by atoms with Crippen molar-refractivity contribution in [3.8, 4) is 11.5 Å². The number of phenolic OH excluding ortho intramolecular Hbond substituents is 1. The third-order valence-electron chi connectivity index (χ3n) is 8.12. The molecule has 2 aliphatic heterocycles. The summed E-state index contributed by atoms with van der Waals surface area (Å²) in [5, 5.41) is 10.5. The molecule has 0 amide bonds. The number of rotatable bonds is 1. The number of hydrogen-bond acceptors (Lipinski definition) is 5. The molecule has 25 heavy (non-hydrogen) atoms. The molecule has 132 valence electrons. The van der Waals surface area contributed by atoms with Gasteiger partial charge in [0.15, 0.2) is 11.5 Å². The van der Waals surface area contributed by atoms with Crippen molar-refractivity contribution in [3.05, 3.63) is 35.4 Å². The maximum absolute atomic E-state index is 10.5. The van der Waals surface area contributed by atoms with E-state index in [0.717, 1.165) is 25.8 Å². The maximum atomic E-state index is 10.5. The zero-order valence-corrected chi connectivity index (χ0v) is 14.7. The summed E-state index contributed by atoms with van der Waals surface area (Å²) in [4.78, 5) is 2.50. The number of nitrogens with two attached hydrogens (primary N) is 1. The van der Waals surface area contributed by atoms with Crippen LogP contribution in [-0.4, -0.2) is 54.5 Å². The first-order valence-corrected chi connectivity index (χ1v) is 9.23. The molecular formula is C20H24N2O3. The van der Waals surface area contributed by atoms with Gasteiger partial charge in [0.05, 0.1) is 5.41 Å². The number of likely N-dealkylation sites (tertiary alicyclic amines) is 1. The smallest absolute Gasteiger partial charge is 0.165 e. The normalized spacial score (nSPS) is 48.4. The van der Waals surface area contributed by atoms with E-state index >= 15 is 0 Å². The SMILES string of the molecule is COC12C=CC3(C[C@H]1N)C1Cc4ccc(O)c5c4C3(CCN1C)[C@@H]2O5. The summed E-state index contributed by atoms with van der Waals surface area (Å²) >= 11 is 0. The molecule has 3 N–H and O–H groups in total. The first-order valence-electron chi connectivity index (χ1n) is 9.23. The third-order valence-corrected chi connectivity index (χ3v) is 8.12. The first-order chi connectivity index (χ1) is 12.0. The number of aromatic hydroxyl groups is 1. The van der Waals surface area contributed by atoms with E-state index in [-0.39, 0.29) is 28.7 Å². The Balaban J connectivity index is 1.75. The van der Waals surface area contributed by atoms with Crippen molar-refractivity contribution < 1.29 is 14.6 Å². The van der Waals surface area contributed by atoms with Gasteiger partial charge in [-0.2, -0.15) is 0 Å². The Hall–Kier alpha value is -1.56. The van der Waals surface area contributed by atoms with Gasteiger partial charge in [0, 0.05) is 30.2 Å². The Morgan fingerprint density at radius 1 is 1.36 bits per heavy atom. The molecule has 5 nitrogen and oxygen atoms in total. The lowest BCUT2D eigenvalue weighted by atomic mass is 9.38. The summed E-state index contributed by atoms with van der Waals surface area (Å²) in [6.45, 7) is 1.03. The van der Waals surface area contributed by atoms with Crippen molar-refractivity contribution in [3.63, 3.8) is 0 Å². The molecule has 4 aliphatic carbocycles. The molecule has 0 aromatic heterocycles. The Labute approximate surface area is 147 Å². The average Bonchev–Trinajstić information content (AvgIpc) is 2.97. The summed E-state index contributed by atoms with van der Waals surface area (Å²) in [5.74, 6) is 0.920. The van der Waals surface area contributed by atoms with E-state index in [1.165, 1.54) is 11.1 Å². The Morgan fingerprint density at radius 3 is 2.96 bits per heavy atom. The van der Waals surface area contributed by atoms with Crippen LogP contribution in [0.1, 0.15) is 24.0 Å². The number of ether oxygens (including phenoxy) is 2. The van der Waals surface area contributed by atoms with E-state index in [0.29, 0.717) is 11.8 Å². The zero-order valence-electron chi connectivity index (χ0n) is 14.7. The number of nitrogens with zero attached hydrogens (tertiary/aromatic N) is 1. The highest BCUT2D eigenvalue weighted by Gasteiger charge is 2.78. The average molecular weight is 340 g/mol. The molecule has 7 rings (SSSR count). The molecule has 1 saturated carbocycles. The molecule has 2 spiro atoms. The molecule has 1 aromatic carbocycles. The van der Waals surface area contributed by atoms with Gasteiger partial charge < -0.3 is 25.2 Å². The van der Waals surface area contributed by atoms with Crippen molar-refractivity contribution in [2.24, 2.45) is 11.1 Å². The molecule has 2 fully saturated rings. The van der Waals surface area contributed by atoms with Crippen molar-refractivity contribution in [1.29, 1.82) is 0 Å². The fourth-order valence-electron chi connectivity index (χ4n) is 7.11. The molecule has 4 unspecified atom stereocenters. The van der Waals surface area contributed by atoms with Gasteiger partial charge in [-0.15, -0.1) is 0 Å². The largest absolute Gasteiger partial charge is 0.504 e. The zero-order chi connectivity index (χ0) is 17.2. The van der Waals surface area contributed by atoms with Crippen LogP contribution in [0.2, 0.25) is 0 Å². The molecule has 1 aromatic rings. The van der Waals surface area contributed by atoms with Crippen LogP contribution in [0.4, 0.5) is 0 Å². The Bertz CT molecular complexity index is 838. The van der Waals surface area contributed by atoms with E-state index in [1.807, 2.05) is 0 Å². The maximum Gasteiger partial charge on any atom is 0.165 e. The quantitative estimate of drug-likeness (QED) is 0.755. The number of hydrogen-bond donors (Lipinski definition) is 2. The number of likely N-dealkylation sites (N-methyl/N-ethyl adjacent to an activating group) is 1. The second kappa shape index (κ2) is 4.05. The first kappa shape index (κ1) is 14.6. The van der Waals surface area contributed by atoms with E-state index in [9.17, 15) is 5.11 Å². The highest BCUT2D eigenvalue weighted by Crippen LogP contribution is 2.73. The van der Waals surface area contributed by atoms with Crippen LogP contribution in [0, 0.1) is 5.41 Å². The number of fused-ring (bicyclic) bond motifs is 1. The van der Waals surface area contributed by atoms with Gasteiger partial charge in [-0.25, -0.2) is 0 Å². The van der Waals surface area contributed by atoms with Gasteiger partial charge >= 0.3 is 0 Å². The predicted molar refractivity (Wildman–Crippen MR) is 92.8 cm³/mol. The standard InChI is InChI=1S/C20H24N2O3/c1-22-8-7-19-15-11-3-4-12(23)16(15)25-17(19)20(24-2)6-5-18(19,10-13(20)21)14(22)9-11/h3-6,13-14,17,23H,7-10,21H2,1-2H3/t13-,14?,17+,18?,19?,20?/m1/s1. The fourth-order valence-corrected chi connectivity index (χ4v) is 7.11. The second-order valence-corrected chi connectivity index (χ2v) is 8.61. The van der Waals surface area contributed by atoms with Crippen LogP contribution in [0.25, 0.3) is 0 Å². The number of piperidine rings is 1. The van der Waals surface area contributed by atoms with Crippen molar-refractivity contribution >= 4 is 0 Å². The molecule has 2 heterocycles. The van der Waals surface area contributed by atoms with Crippen LogP contribution in [0.5, 0.6) is 11.5 Å². The van der Waals surface area contributed by atoms with Crippen molar-refractivity contribution in [2.45, 2.75) is 48.5 Å². The van der Waals surface area contributed by atoms with E-state index in [4.69, 9.17) is 15.2 Å². The molecule has 0 radical (unpaired) electrons. The molecule has 4 bridgehead atoms. The number of benzene rings is 1. The summed E-state index contributed by atoms with van der Waals surface area (Å²) < 4.78 is 12.6. The van der Waals surface area contributed by atoms with Crippen LogP contribution < -0.4 is 10.5 Å². The molecule has 6 aliphatic rings. The second-order valence-electron chi connectivity index (χ2n) is 8.61. The Kier molecular flexibility index (Phi) is 2.37. The molecule has 1 saturated heterocycles. The lowest BCUT2D eigenvalue weighted by molar-refractivity contribution is -0.194. The van der Waals surface area contributed by atoms with Gasteiger partial charge in [0.1, 0.15) is 11.7 Å². The number of phenols is 1. The summed E-state index contributed by atoms with van der Waals surface area (Å²) in [6.07, 6.45) is 7.29. The number of methoxy groups -OCH3 is 1. The van der Waals surface area contributed by atoms with Crippen LogP contribution in [0.3, 0.4) is 0 Å². The minimum atomic E-state index is -0.623. The lowest BCUT2D eigenvalue weighted by Gasteiger charge is -2.70. The highest BCUT2D eigenvalue weighted by atomic mass is 16.6. The van der Waals surface area contributed by atoms with Gasteiger partial charge in [0.2, 0.25) is 0 Å². The third kappa shape index (κ3) is 1.23. The summed E-state index contributed by atoms with van der Waals surface area (Å²) in [7, 11) is 3.97. The monoisotopic (exact) mass is 340 g/mol. The predicted octanol–water partition coefficient (Wildman–Crippen LogP) is 1.32. The fraction of sp³-hybridized carbons (Fsp3) is 0.600. The van der Waals surface area contributed by atoms with Crippen molar-refractivity contribution in [2.75, 3.05) is 20.7 Å². The van der Waals surface area contributed by atoms with Crippen LogP contribution in [-0.2, 0) is 16.6 Å². The molecule has 6 atom stereocenters. The Morgan fingerprint density at radius 2 is 2.20 bits per heavy atom. The molecular weight excluding hydrogens is 316 g/mol. The van der Waals surface area contributed by atoms with Gasteiger partial charge in [0.25, 0.3) is 0 Å².